The molecule has 0 saturated carbocycles. The summed E-state index contributed by atoms with van der Waals surface area (Å²) in [6.45, 7) is 4.64. The number of aryl methyl sites for hydroxylation is 3. The molecule has 3 rings (SSSR count). The summed E-state index contributed by atoms with van der Waals surface area (Å²) >= 11 is 0. The molecule has 1 aromatic carbocycles. The van der Waals surface area contributed by atoms with Crippen LogP contribution in [0.15, 0.2) is 24.3 Å². The summed E-state index contributed by atoms with van der Waals surface area (Å²) in [5.74, 6) is 0.958. The van der Waals surface area contributed by atoms with Gasteiger partial charge in [0.15, 0.2) is 0 Å². The van der Waals surface area contributed by atoms with E-state index in [0.717, 1.165) is 47.7 Å². The van der Waals surface area contributed by atoms with Crippen LogP contribution in [0.3, 0.4) is 0 Å². The van der Waals surface area contributed by atoms with Crippen molar-refractivity contribution >= 4 is 0 Å². The SMILES string of the molecule is Cc1cc(C(N)c2cccc3c2OCCC3)c(C)nn1. The number of hydrogen-bond donors (Lipinski definition) is 1. The van der Waals surface area contributed by atoms with Crippen molar-refractivity contribution in [3.63, 3.8) is 0 Å². The topological polar surface area (TPSA) is 61.0 Å². The highest BCUT2D eigenvalue weighted by molar-refractivity contribution is 5.48. The van der Waals surface area contributed by atoms with Gasteiger partial charge >= 0.3 is 0 Å². The lowest BCUT2D eigenvalue weighted by molar-refractivity contribution is 0.284. The van der Waals surface area contributed by atoms with Gasteiger partial charge in [-0.15, -0.1) is 0 Å². The average molecular weight is 269 g/mol. The van der Waals surface area contributed by atoms with E-state index in [1.165, 1.54) is 5.56 Å². The zero-order chi connectivity index (χ0) is 14.1. The number of rotatable bonds is 2. The molecule has 0 radical (unpaired) electrons. The zero-order valence-corrected chi connectivity index (χ0v) is 11.9. The van der Waals surface area contributed by atoms with Gasteiger partial charge in [-0.2, -0.15) is 10.2 Å². The molecule has 0 fully saturated rings. The summed E-state index contributed by atoms with van der Waals surface area (Å²) < 4.78 is 5.85. The third-order valence-electron chi connectivity index (χ3n) is 3.77. The van der Waals surface area contributed by atoms with Crippen LogP contribution in [0, 0.1) is 13.8 Å². The molecule has 1 aromatic heterocycles. The highest BCUT2D eigenvalue weighted by atomic mass is 16.5. The van der Waals surface area contributed by atoms with Crippen LogP contribution in [-0.4, -0.2) is 16.8 Å². The summed E-state index contributed by atoms with van der Waals surface area (Å²) in [5, 5.41) is 8.23. The second-order valence-electron chi connectivity index (χ2n) is 5.29. The van der Waals surface area contributed by atoms with Crippen LogP contribution in [0.4, 0.5) is 0 Å². The summed E-state index contributed by atoms with van der Waals surface area (Å²) in [6, 6.07) is 8.00. The molecule has 0 amide bonds. The Balaban J connectivity index is 2.06. The second-order valence-corrected chi connectivity index (χ2v) is 5.29. The lowest BCUT2D eigenvalue weighted by Crippen LogP contribution is -2.19. The van der Waals surface area contributed by atoms with Crippen LogP contribution < -0.4 is 10.5 Å². The van der Waals surface area contributed by atoms with Crippen molar-refractivity contribution in [1.82, 2.24) is 10.2 Å². The van der Waals surface area contributed by atoms with E-state index in [1.54, 1.807) is 0 Å². The molecule has 20 heavy (non-hydrogen) atoms. The quantitative estimate of drug-likeness (QED) is 0.909. The van der Waals surface area contributed by atoms with Crippen LogP contribution in [0.25, 0.3) is 0 Å². The Kier molecular flexibility index (Phi) is 3.40. The molecule has 0 saturated heterocycles. The lowest BCUT2D eigenvalue weighted by atomic mass is 9.93. The van der Waals surface area contributed by atoms with Crippen molar-refractivity contribution in [3.05, 3.63) is 52.3 Å². The molecular weight excluding hydrogens is 250 g/mol. The largest absolute Gasteiger partial charge is 0.493 e. The number of benzene rings is 1. The highest BCUT2D eigenvalue weighted by Gasteiger charge is 2.21. The molecule has 0 aliphatic carbocycles. The van der Waals surface area contributed by atoms with E-state index in [9.17, 15) is 0 Å². The third-order valence-corrected chi connectivity index (χ3v) is 3.77. The zero-order valence-electron chi connectivity index (χ0n) is 11.9. The molecule has 2 aromatic rings. The Bertz CT molecular complexity index is 640. The van der Waals surface area contributed by atoms with Crippen LogP contribution in [0.5, 0.6) is 5.75 Å². The van der Waals surface area contributed by atoms with Crippen molar-refractivity contribution in [2.45, 2.75) is 32.7 Å². The first kappa shape index (κ1) is 13.1. The van der Waals surface area contributed by atoms with Gasteiger partial charge in [0.2, 0.25) is 0 Å². The predicted molar refractivity (Wildman–Crippen MR) is 77.8 cm³/mol. The molecule has 0 spiro atoms. The van der Waals surface area contributed by atoms with Gasteiger partial charge in [-0.05, 0) is 43.9 Å². The fourth-order valence-electron chi connectivity index (χ4n) is 2.71. The fourth-order valence-corrected chi connectivity index (χ4v) is 2.71. The number of nitrogens with zero attached hydrogens (tertiary/aromatic N) is 2. The van der Waals surface area contributed by atoms with E-state index < -0.39 is 0 Å². The van der Waals surface area contributed by atoms with Gasteiger partial charge in [0, 0.05) is 5.56 Å². The van der Waals surface area contributed by atoms with Crippen molar-refractivity contribution in [2.75, 3.05) is 6.61 Å². The molecule has 0 bridgehead atoms. The van der Waals surface area contributed by atoms with Gasteiger partial charge in [-0.25, -0.2) is 0 Å². The van der Waals surface area contributed by atoms with E-state index >= 15 is 0 Å². The average Bonchev–Trinajstić information content (AvgIpc) is 2.48. The van der Waals surface area contributed by atoms with Gasteiger partial charge in [0.05, 0.1) is 24.0 Å². The monoisotopic (exact) mass is 269 g/mol. The molecule has 1 unspecified atom stereocenters. The summed E-state index contributed by atoms with van der Waals surface area (Å²) in [6.07, 6.45) is 2.13. The first-order valence-electron chi connectivity index (χ1n) is 6.98. The minimum absolute atomic E-state index is 0.225. The van der Waals surface area contributed by atoms with Crippen molar-refractivity contribution in [2.24, 2.45) is 5.73 Å². The minimum Gasteiger partial charge on any atom is -0.493 e. The van der Waals surface area contributed by atoms with Gasteiger partial charge in [0.25, 0.3) is 0 Å². The first-order chi connectivity index (χ1) is 9.66. The maximum absolute atomic E-state index is 6.46. The third kappa shape index (κ3) is 2.27. The van der Waals surface area contributed by atoms with E-state index in [4.69, 9.17) is 10.5 Å². The predicted octanol–water partition coefficient (Wildman–Crippen LogP) is 2.47. The number of hydrogen-bond acceptors (Lipinski definition) is 4. The molecule has 4 heteroatoms. The van der Waals surface area contributed by atoms with E-state index in [1.807, 2.05) is 26.0 Å². The van der Waals surface area contributed by atoms with Gasteiger partial charge in [0.1, 0.15) is 5.75 Å². The first-order valence-corrected chi connectivity index (χ1v) is 6.98. The van der Waals surface area contributed by atoms with E-state index in [0.29, 0.717) is 0 Å². The highest BCUT2D eigenvalue weighted by Crippen LogP contribution is 2.35. The molecule has 4 nitrogen and oxygen atoms in total. The summed E-state index contributed by atoms with van der Waals surface area (Å²) in [7, 11) is 0. The van der Waals surface area contributed by atoms with Crippen LogP contribution in [0.1, 0.15) is 40.5 Å². The van der Waals surface area contributed by atoms with Crippen LogP contribution >= 0.6 is 0 Å². The molecule has 1 aliphatic rings. The normalized spacial score (nSPS) is 15.3. The van der Waals surface area contributed by atoms with Crippen molar-refractivity contribution in [1.29, 1.82) is 0 Å². The molecule has 2 N–H and O–H groups in total. The summed E-state index contributed by atoms with van der Waals surface area (Å²) in [4.78, 5) is 0. The number of fused-ring (bicyclic) bond motifs is 1. The number of aromatic nitrogens is 2. The lowest BCUT2D eigenvalue weighted by Gasteiger charge is -2.24. The van der Waals surface area contributed by atoms with Crippen molar-refractivity contribution < 1.29 is 4.74 Å². The van der Waals surface area contributed by atoms with Crippen molar-refractivity contribution in [3.8, 4) is 5.75 Å². The Morgan fingerprint density at radius 2 is 2.05 bits per heavy atom. The molecule has 104 valence electrons. The number of para-hydroxylation sites is 1. The fraction of sp³-hybridized carbons (Fsp3) is 0.375. The van der Waals surface area contributed by atoms with Gasteiger partial charge in [-0.3, -0.25) is 0 Å². The maximum Gasteiger partial charge on any atom is 0.127 e. The van der Waals surface area contributed by atoms with Gasteiger partial charge < -0.3 is 10.5 Å². The smallest absolute Gasteiger partial charge is 0.127 e. The van der Waals surface area contributed by atoms with Crippen LogP contribution in [-0.2, 0) is 6.42 Å². The standard InChI is InChI=1S/C16H19N3O/c1-10-9-14(11(2)19-18-10)15(17)13-7-3-5-12-6-4-8-20-16(12)13/h3,5,7,9,15H,4,6,8,17H2,1-2H3. The molecule has 1 aliphatic heterocycles. The Labute approximate surface area is 119 Å². The molecule has 2 heterocycles. The van der Waals surface area contributed by atoms with Gasteiger partial charge in [-0.1, -0.05) is 18.2 Å². The Morgan fingerprint density at radius 1 is 1.20 bits per heavy atom. The summed E-state index contributed by atoms with van der Waals surface area (Å²) in [5.41, 5.74) is 11.5. The Hall–Kier alpha value is -1.94. The van der Waals surface area contributed by atoms with E-state index in [2.05, 4.69) is 22.3 Å². The number of nitrogens with two attached hydrogens (primary N) is 1. The minimum atomic E-state index is -0.225. The number of ether oxygens (including phenoxy) is 1. The van der Waals surface area contributed by atoms with E-state index in [-0.39, 0.29) is 6.04 Å². The molecular formula is C16H19N3O. The maximum atomic E-state index is 6.46. The second kappa shape index (κ2) is 5.21. The molecule has 1 atom stereocenters. The van der Waals surface area contributed by atoms with Crippen LogP contribution in [0.2, 0.25) is 0 Å². The Morgan fingerprint density at radius 3 is 2.90 bits per heavy atom.